The van der Waals surface area contributed by atoms with E-state index < -0.39 is 0 Å². The van der Waals surface area contributed by atoms with Gasteiger partial charge in [-0.3, -0.25) is 4.79 Å². The zero-order chi connectivity index (χ0) is 20.1. The van der Waals surface area contributed by atoms with Crippen molar-refractivity contribution in [3.8, 4) is 0 Å². The number of hydrogen-bond acceptors (Lipinski definition) is 3. The summed E-state index contributed by atoms with van der Waals surface area (Å²) in [5, 5.41) is 12.4. The second kappa shape index (κ2) is 9.26. The molecule has 1 atom stereocenters. The summed E-state index contributed by atoms with van der Waals surface area (Å²) in [5.41, 5.74) is 5.00. The molecule has 28 heavy (non-hydrogen) atoms. The average Bonchev–Trinajstić information content (AvgIpc) is 3.16. The third-order valence-electron chi connectivity index (χ3n) is 5.27. The summed E-state index contributed by atoms with van der Waals surface area (Å²) in [6.07, 6.45) is 2.72. The van der Waals surface area contributed by atoms with Crippen LogP contribution in [0, 0.1) is 6.92 Å². The van der Waals surface area contributed by atoms with Crippen LogP contribution in [0.25, 0.3) is 5.70 Å². The van der Waals surface area contributed by atoms with E-state index in [2.05, 4.69) is 29.8 Å². The molecule has 2 aromatic rings. The Labute approximate surface area is 171 Å². The van der Waals surface area contributed by atoms with Crippen LogP contribution in [-0.2, 0) is 0 Å². The molecule has 3 rings (SSSR count). The molecule has 0 radical (unpaired) electrons. The summed E-state index contributed by atoms with van der Waals surface area (Å²) in [4.78, 5) is 14.6. The van der Waals surface area contributed by atoms with Gasteiger partial charge in [0.2, 0.25) is 0 Å². The molecule has 1 fully saturated rings. The van der Waals surface area contributed by atoms with Crippen LogP contribution < -0.4 is 5.32 Å². The van der Waals surface area contributed by atoms with Crippen molar-refractivity contribution in [1.29, 1.82) is 0 Å². The van der Waals surface area contributed by atoms with E-state index in [0.29, 0.717) is 23.6 Å². The van der Waals surface area contributed by atoms with Crippen LogP contribution in [0.4, 0.5) is 0 Å². The zero-order valence-corrected chi connectivity index (χ0v) is 17.0. The lowest BCUT2D eigenvalue weighted by atomic mass is 9.96. The molecule has 1 saturated heterocycles. The van der Waals surface area contributed by atoms with Crippen LogP contribution in [0.3, 0.4) is 0 Å². The van der Waals surface area contributed by atoms with Crippen molar-refractivity contribution in [3.63, 3.8) is 0 Å². The van der Waals surface area contributed by atoms with Crippen LogP contribution in [0.1, 0.15) is 52.4 Å². The number of carbonyl (C=O) groups is 1. The number of carbonyl (C=O) groups excluding carboxylic acids is 1. The summed E-state index contributed by atoms with van der Waals surface area (Å²) in [5.74, 6) is -0.102. The van der Waals surface area contributed by atoms with Gasteiger partial charge in [-0.15, -0.1) is 0 Å². The van der Waals surface area contributed by atoms with Gasteiger partial charge in [-0.05, 0) is 67.1 Å². The molecule has 5 heteroatoms. The van der Waals surface area contributed by atoms with E-state index in [9.17, 15) is 4.79 Å². The number of hydrogen-bond donors (Lipinski definition) is 2. The van der Waals surface area contributed by atoms with Gasteiger partial charge in [0, 0.05) is 36.0 Å². The minimum absolute atomic E-state index is 0.0757. The fraction of sp³-hybridized carbons (Fsp3) is 0.348. The molecule has 0 aliphatic carbocycles. The van der Waals surface area contributed by atoms with E-state index >= 15 is 0 Å². The van der Waals surface area contributed by atoms with Gasteiger partial charge in [-0.2, -0.15) is 0 Å². The van der Waals surface area contributed by atoms with Gasteiger partial charge in [-0.1, -0.05) is 36.4 Å². The number of amides is 1. The van der Waals surface area contributed by atoms with E-state index in [-0.39, 0.29) is 18.6 Å². The molecule has 4 nitrogen and oxygen atoms in total. The molecule has 1 unspecified atom stereocenters. The van der Waals surface area contributed by atoms with Crippen molar-refractivity contribution in [2.24, 2.45) is 0 Å². The van der Waals surface area contributed by atoms with Crippen molar-refractivity contribution in [1.82, 2.24) is 10.2 Å². The maximum absolute atomic E-state index is 12.3. The van der Waals surface area contributed by atoms with E-state index in [0.717, 1.165) is 36.2 Å². The Morgan fingerprint density at radius 1 is 1.29 bits per heavy atom. The Hall–Kier alpha value is -2.30. The van der Waals surface area contributed by atoms with E-state index in [1.54, 1.807) is 0 Å². The highest BCUT2D eigenvalue weighted by Crippen LogP contribution is 2.39. The quantitative estimate of drug-likeness (QED) is 0.672. The zero-order valence-electron chi connectivity index (χ0n) is 16.2. The second-order valence-electron chi connectivity index (χ2n) is 7.21. The summed E-state index contributed by atoms with van der Waals surface area (Å²) in [6, 6.07) is 13.9. The molecule has 2 N–H and O–H groups in total. The molecule has 0 bridgehead atoms. The van der Waals surface area contributed by atoms with Crippen molar-refractivity contribution >= 4 is 23.2 Å². The highest BCUT2D eigenvalue weighted by atomic mass is 35.5. The van der Waals surface area contributed by atoms with E-state index in [1.807, 2.05) is 36.4 Å². The summed E-state index contributed by atoms with van der Waals surface area (Å²) in [6.45, 7) is 7.89. The second-order valence-corrected chi connectivity index (χ2v) is 7.65. The first-order valence-electron chi connectivity index (χ1n) is 9.72. The predicted octanol–water partition coefficient (Wildman–Crippen LogP) is 4.57. The minimum Gasteiger partial charge on any atom is -0.396 e. The lowest BCUT2D eigenvalue weighted by molar-refractivity contribution is 0.0951. The van der Waals surface area contributed by atoms with Crippen LogP contribution in [0.15, 0.2) is 49.0 Å². The first-order chi connectivity index (χ1) is 13.5. The first-order valence-corrected chi connectivity index (χ1v) is 10.1. The highest BCUT2D eigenvalue weighted by Gasteiger charge is 2.28. The normalized spacial score (nSPS) is 16.2. The predicted molar refractivity (Wildman–Crippen MR) is 114 cm³/mol. The average molecular weight is 399 g/mol. The van der Waals surface area contributed by atoms with Gasteiger partial charge in [0.1, 0.15) is 0 Å². The SMILES string of the molecule is C=C(c1cccc(Cl)c1)N1CCCC1c1ccc(C(=O)NCCCO)cc1C. The van der Waals surface area contributed by atoms with Gasteiger partial charge in [0.05, 0.1) is 6.04 Å². The third kappa shape index (κ3) is 4.57. The van der Waals surface area contributed by atoms with Gasteiger partial charge in [0.25, 0.3) is 5.91 Å². The smallest absolute Gasteiger partial charge is 0.251 e. The van der Waals surface area contributed by atoms with Crippen molar-refractivity contribution < 1.29 is 9.90 Å². The molecule has 1 amide bonds. The van der Waals surface area contributed by atoms with Crippen molar-refractivity contribution in [3.05, 3.63) is 76.3 Å². The molecule has 148 valence electrons. The van der Waals surface area contributed by atoms with Crippen LogP contribution >= 0.6 is 11.6 Å². The van der Waals surface area contributed by atoms with Gasteiger partial charge >= 0.3 is 0 Å². The molecular weight excluding hydrogens is 372 g/mol. The van der Waals surface area contributed by atoms with Crippen LogP contribution in [0.5, 0.6) is 0 Å². The molecular formula is C23H27ClN2O2. The Morgan fingerprint density at radius 2 is 2.11 bits per heavy atom. The first kappa shape index (κ1) is 20.4. The van der Waals surface area contributed by atoms with E-state index in [1.165, 1.54) is 5.56 Å². The fourth-order valence-electron chi connectivity index (χ4n) is 3.82. The Morgan fingerprint density at radius 3 is 2.82 bits per heavy atom. The Balaban J connectivity index is 1.78. The topological polar surface area (TPSA) is 52.6 Å². The van der Waals surface area contributed by atoms with Crippen LogP contribution in [-0.4, -0.2) is 35.6 Å². The molecule has 1 aliphatic rings. The molecule has 1 aliphatic heterocycles. The fourth-order valence-corrected chi connectivity index (χ4v) is 4.01. The number of nitrogens with zero attached hydrogens (tertiary/aromatic N) is 1. The lowest BCUT2D eigenvalue weighted by Gasteiger charge is -2.30. The van der Waals surface area contributed by atoms with E-state index in [4.69, 9.17) is 16.7 Å². The minimum atomic E-state index is -0.102. The number of aryl methyl sites for hydroxylation is 1. The molecule has 0 saturated carbocycles. The summed E-state index contributed by atoms with van der Waals surface area (Å²) >= 11 is 6.16. The molecule has 0 aromatic heterocycles. The lowest BCUT2D eigenvalue weighted by Crippen LogP contribution is -2.25. The summed E-state index contributed by atoms with van der Waals surface area (Å²) < 4.78 is 0. The number of rotatable bonds is 7. The summed E-state index contributed by atoms with van der Waals surface area (Å²) in [7, 11) is 0. The van der Waals surface area contributed by atoms with Crippen molar-refractivity contribution in [2.45, 2.75) is 32.2 Å². The van der Waals surface area contributed by atoms with Crippen LogP contribution in [0.2, 0.25) is 5.02 Å². The number of aliphatic hydroxyl groups is 1. The largest absolute Gasteiger partial charge is 0.396 e. The molecule has 1 heterocycles. The highest BCUT2D eigenvalue weighted by molar-refractivity contribution is 6.30. The standard InChI is InChI=1S/C23H27ClN2O2/c1-16-14-19(23(28)25-11-5-13-27)9-10-21(16)22-8-4-12-26(22)17(2)18-6-3-7-20(24)15-18/h3,6-7,9-10,14-15,22,27H,2,4-5,8,11-13H2,1H3,(H,25,28). The molecule has 2 aromatic carbocycles. The number of nitrogens with one attached hydrogen (secondary N) is 1. The maximum Gasteiger partial charge on any atom is 0.251 e. The monoisotopic (exact) mass is 398 g/mol. The Bertz CT molecular complexity index is 865. The van der Waals surface area contributed by atoms with Gasteiger partial charge in [0.15, 0.2) is 0 Å². The van der Waals surface area contributed by atoms with Crippen molar-refractivity contribution in [2.75, 3.05) is 19.7 Å². The maximum atomic E-state index is 12.3. The number of aliphatic hydroxyl groups excluding tert-OH is 1. The van der Waals surface area contributed by atoms with Gasteiger partial charge in [-0.25, -0.2) is 0 Å². The third-order valence-corrected chi connectivity index (χ3v) is 5.50. The van der Waals surface area contributed by atoms with Gasteiger partial charge < -0.3 is 15.3 Å². The Kier molecular flexibility index (Phi) is 6.76. The number of likely N-dealkylation sites (tertiary alicyclic amines) is 1. The number of halogens is 1. The molecule has 0 spiro atoms. The number of benzene rings is 2.